The van der Waals surface area contributed by atoms with Gasteiger partial charge in [-0.2, -0.15) is 5.10 Å². The van der Waals surface area contributed by atoms with Gasteiger partial charge in [-0.1, -0.05) is 78.3 Å². The molecule has 4 aromatic carbocycles. The summed E-state index contributed by atoms with van der Waals surface area (Å²) in [5.74, 6) is -1.46. The van der Waals surface area contributed by atoms with Crippen LogP contribution in [-0.2, 0) is 15.0 Å². The van der Waals surface area contributed by atoms with Crippen molar-refractivity contribution in [3.8, 4) is 0 Å². The number of rotatable bonds is 4. The maximum absolute atomic E-state index is 14.5. The molecule has 9 rings (SSSR count). The maximum atomic E-state index is 14.5. The molecule has 8 heteroatoms. The summed E-state index contributed by atoms with van der Waals surface area (Å²) in [7, 11) is 0. The smallest absolute Gasteiger partial charge is 0.239 e. The summed E-state index contributed by atoms with van der Waals surface area (Å²) >= 11 is 6.45. The Kier molecular flexibility index (Phi) is 5.06. The molecule has 2 heterocycles. The number of H-pyrrole nitrogens is 1. The Morgan fingerprint density at radius 1 is 0.927 bits per heavy atom. The van der Waals surface area contributed by atoms with Crippen molar-refractivity contribution in [2.45, 2.75) is 18.3 Å². The second-order valence-corrected chi connectivity index (χ2v) is 11.3. The zero-order chi connectivity index (χ0) is 27.9. The summed E-state index contributed by atoms with van der Waals surface area (Å²) in [6.45, 7) is 1.90. The molecule has 1 fully saturated rings. The summed E-state index contributed by atoms with van der Waals surface area (Å²) in [4.78, 5) is 37.9. The van der Waals surface area contributed by atoms with Crippen LogP contribution < -0.4 is 10.3 Å². The minimum Gasteiger partial charge on any atom is -0.323 e. The number of para-hydroxylation sites is 2. The molecule has 3 aliphatic carbocycles. The van der Waals surface area contributed by atoms with E-state index in [9.17, 15) is 9.59 Å². The van der Waals surface area contributed by atoms with Crippen LogP contribution in [0.2, 0.25) is 5.02 Å². The fourth-order valence-electron chi connectivity index (χ4n) is 7.23. The Morgan fingerprint density at radius 3 is 2.32 bits per heavy atom. The van der Waals surface area contributed by atoms with Gasteiger partial charge < -0.3 is 4.98 Å². The molecule has 2 atom stereocenters. The third kappa shape index (κ3) is 3.21. The first-order chi connectivity index (χ1) is 20.0. The molecular formula is C33H24ClN5O2. The highest BCUT2D eigenvalue weighted by Gasteiger charge is 2.68. The number of fused-ring (bicyclic) bond motifs is 1. The number of hydrogen-bond donors (Lipinski definition) is 2. The van der Waals surface area contributed by atoms with Gasteiger partial charge in [-0.05, 0) is 59.0 Å². The predicted octanol–water partition coefficient (Wildman–Crippen LogP) is 6.17. The van der Waals surface area contributed by atoms with Crippen LogP contribution in [-0.4, -0.2) is 28.0 Å². The Hall–Kier alpha value is -4.75. The fourth-order valence-corrected chi connectivity index (χ4v) is 7.40. The zero-order valence-electron chi connectivity index (χ0n) is 22.0. The normalized spacial score (nSPS) is 24.1. The van der Waals surface area contributed by atoms with Crippen molar-refractivity contribution in [1.29, 1.82) is 0 Å². The minimum absolute atomic E-state index is 0.211. The Bertz CT molecular complexity index is 1860. The molecular weight excluding hydrogens is 534 g/mol. The summed E-state index contributed by atoms with van der Waals surface area (Å²) in [5.41, 5.74) is 9.25. The average molecular weight is 558 g/mol. The van der Waals surface area contributed by atoms with E-state index in [1.54, 1.807) is 12.1 Å². The number of halogens is 1. The molecule has 41 heavy (non-hydrogen) atoms. The first kappa shape index (κ1) is 24.1. The van der Waals surface area contributed by atoms with Crippen molar-refractivity contribution in [2.24, 2.45) is 16.9 Å². The second-order valence-electron chi connectivity index (χ2n) is 10.9. The molecule has 1 aliphatic heterocycles. The van der Waals surface area contributed by atoms with Crippen LogP contribution in [0.3, 0.4) is 0 Å². The van der Waals surface area contributed by atoms with Gasteiger partial charge in [-0.25, -0.2) is 15.3 Å². The lowest BCUT2D eigenvalue weighted by molar-refractivity contribution is -0.122. The number of anilines is 2. The van der Waals surface area contributed by atoms with E-state index in [1.807, 2.05) is 67.7 Å². The molecule has 0 radical (unpaired) electrons. The van der Waals surface area contributed by atoms with Crippen molar-refractivity contribution in [1.82, 2.24) is 9.97 Å². The van der Waals surface area contributed by atoms with E-state index in [4.69, 9.17) is 16.7 Å². The molecule has 200 valence electrons. The highest BCUT2D eigenvalue weighted by Crippen LogP contribution is 2.63. The van der Waals surface area contributed by atoms with E-state index in [-0.39, 0.29) is 17.7 Å². The van der Waals surface area contributed by atoms with Crippen molar-refractivity contribution < 1.29 is 9.59 Å². The third-order valence-electron chi connectivity index (χ3n) is 8.93. The number of hydrogen-bond acceptors (Lipinski definition) is 5. The molecule has 1 aromatic heterocycles. The van der Waals surface area contributed by atoms with E-state index < -0.39 is 17.3 Å². The van der Waals surface area contributed by atoms with Gasteiger partial charge in [-0.3, -0.25) is 9.59 Å². The lowest BCUT2D eigenvalue weighted by Gasteiger charge is -2.52. The fraction of sp³-hybridized carbons (Fsp3) is 0.152. The number of hydrazone groups is 1. The second kappa shape index (κ2) is 8.62. The summed E-state index contributed by atoms with van der Waals surface area (Å²) in [5, 5.41) is 5.21. The predicted molar refractivity (Wildman–Crippen MR) is 159 cm³/mol. The highest BCUT2D eigenvalue weighted by atomic mass is 35.5. The van der Waals surface area contributed by atoms with E-state index in [2.05, 4.69) is 39.7 Å². The van der Waals surface area contributed by atoms with Crippen LogP contribution in [0.15, 0.2) is 96.1 Å². The molecule has 2 N–H and O–H groups in total. The average Bonchev–Trinajstić information content (AvgIpc) is 3.53. The summed E-state index contributed by atoms with van der Waals surface area (Å²) in [6, 6.07) is 29.3. The number of aromatic nitrogens is 2. The number of benzene rings is 4. The number of imide groups is 1. The third-order valence-corrected chi connectivity index (χ3v) is 9.33. The molecule has 5 aromatic rings. The van der Waals surface area contributed by atoms with Crippen LogP contribution in [0.1, 0.15) is 33.7 Å². The minimum atomic E-state index is -0.971. The topological polar surface area (TPSA) is 90.4 Å². The molecule has 0 unspecified atom stereocenters. The van der Waals surface area contributed by atoms with Gasteiger partial charge in [0.2, 0.25) is 17.8 Å². The molecule has 2 amide bonds. The summed E-state index contributed by atoms with van der Waals surface area (Å²) in [6.07, 6.45) is 1.81. The largest absolute Gasteiger partial charge is 0.323 e. The van der Waals surface area contributed by atoms with Crippen LogP contribution >= 0.6 is 11.6 Å². The van der Waals surface area contributed by atoms with E-state index in [1.165, 1.54) is 4.90 Å². The molecule has 1 saturated heterocycles. The number of carbonyl (C=O) groups is 2. The number of amides is 2. The molecule has 0 saturated carbocycles. The number of aromatic amines is 1. The van der Waals surface area contributed by atoms with E-state index in [0.717, 1.165) is 38.9 Å². The maximum Gasteiger partial charge on any atom is 0.239 e. The summed E-state index contributed by atoms with van der Waals surface area (Å²) < 4.78 is 0. The Morgan fingerprint density at radius 2 is 1.61 bits per heavy atom. The standard InChI is InChI=1S/C33H24ClN5O2/c1-18-14-15-19(16-24(18)34)39-30(40)28-27-20-8-2-4-10-22(20)33(29(28)31(39)41,23-11-5-3-9-21(23)27)17-35-38-32-36-25-12-6-7-13-26(25)37-32/h2-17,27-29H,1H3,(H2,36,37,38)/b35-17-/t27?,28-,29-,33?/m0/s1. The van der Waals surface area contributed by atoms with Crippen molar-refractivity contribution >= 4 is 52.3 Å². The molecule has 7 nitrogen and oxygen atoms in total. The zero-order valence-corrected chi connectivity index (χ0v) is 22.8. The van der Waals surface area contributed by atoms with Gasteiger partial charge in [-0.15, -0.1) is 0 Å². The lowest BCUT2D eigenvalue weighted by Crippen LogP contribution is -2.54. The first-order valence-electron chi connectivity index (χ1n) is 13.6. The van der Waals surface area contributed by atoms with Crippen LogP contribution in [0.25, 0.3) is 11.0 Å². The van der Waals surface area contributed by atoms with Crippen molar-refractivity contribution in [3.05, 3.63) is 124 Å². The van der Waals surface area contributed by atoms with Crippen molar-refractivity contribution in [2.75, 3.05) is 10.3 Å². The van der Waals surface area contributed by atoms with Gasteiger partial charge in [0.25, 0.3) is 0 Å². The van der Waals surface area contributed by atoms with Gasteiger partial charge in [0.1, 0.15) is 0 Å². The quantitative estimate of drug-likeness (QED) is 0.157. The number of nitrogens with zero attached hydrogens (tertiary/aromatic N) is 3. The number of aryl methyl sites for hydroxylation is 1. The van der Waals surface area contributed by atoms with Gasteiger partial charge in [0.15, 0.2) is 0 Å². The van der Waals surface area contributed by atoms with E-state index in [0.29, 0.717) is 16.7 Å². The Balaban J connectivity index is 1.32. The molecule has 4 aliphatic rings. The van der Waals surface area contributed by atoms with Gasteiger partial charge in [0.05, 0.1) is 34.0 Å². The molecule has 0 spiro atoms. The monoisotopic (exact) mass is 557 g/mol. The van der Waals surface area contributed by atoms with E-state index >= 15 is 0 Å². The number of nitrogens with one attached hydrogen (secondary N) is 2. The van der Waals surface area contributed by atoms with Crippen molar-refractivity contribution in [3.63, 3.8) is 0 Å². The van der Waals surface area contributed by atoms with Crippen LogP contribution in [0, 0.1) is 18.8 Å². The SMILES string of the molecule is Cc1ccc(N2C(=O)[C@@H]3[C@@H](C2=O)C2c4ccccc4C3(/C=N\Nc3nc4ccccc4[nH]3)c3ccccc32)cc1Cl. The number of carbonyl (C=O) groups excluding carboxylic acids is 2. The van der Waals surface area contributed by atoms with Gasteiger partial charge >= 0.3 is 0 Å². The Labute approximate surface area is 240 Å². The van der Waals surface area contributed by atoms with Gasteiger partial charge in [0, 0.05) is 17.2 Å². The molecule has 2 bridgehead atoms. The van der Waals surface area contributed by atoms with Crippen LogP contribution in [0.4, 0.5) is 11.6 Å². The lowest BCUT2D eigenvalue weighted by atomic mass is 9.47. The first-order valence-corrected chi connectivity index (χ1v) is 13.9. The number of imidazole rings is 1. The van der Waals surface area contributed by atoms with Crippen LogP contribution in [0.5, 0.6) is 0 Å². The highest BCUT2D eigenvalue weighted by molar-refractivity contribution is 6.32.